The van der Waals surface area contributed by atoms with E-state index in [-0.39, 0.29) is 11.8 Å². The van der Waals surface area contributed by atoms with E-state index in [1.54, 1.807) is 67.3 Å². The number of nitrogens with zero attached hydrogens (tertiary/aromatic N) is 6. The Hall–Kier alpha value is -2.48. The number of aryl methyl sites for hydroxylation is 2. The number of hydrogen-bond donors (Lipinski definition) is 2. The molecule has 0 saturated carbocycles. The van der Waals surface area contributed by atoms with Crippen LogP contribution in [-0.4, -0.2) is 53.3 Å². The molecule has 2 aromatic heterocycles. The molecule has 0 spiro atoms. The van der Waals surface area contributed by atoms with Gasteiger partial charge in [0.25, 0.3) is 11.8 Å². The lowest BCUT2D eigenvalue weighted by Gasteiger charge is -2.23. The van der Waals surface area contributed by atoms with Crippen LogP contribution in [0.25, 0.3) is 0 Å². The van der Waals surface area contributed by atoms with Crippen molar-refractivity contribution in [1.82, 2.24) is 40.6 Å². The van der Waals surface area contributed by atoms with Crippen LogP contribution in [0, 0.1) is 0 Å². The third-order valence-corrected chi connectivity index (χ3v) is 9.59. The van der Waals surface area contributed by atoms with Gasteiger partial charge in [-0.25, -0.2) is 0 Å². The number of amides is 2. The number of hydrogen-bond acceptors (Lipinski definition) is 8. The summed E-state index contributed by atoms with van der Waals surface area (Å²) < 4.78 is 3.51. The molecule has 44 heavy (non-hydrogen) atoms. The van der Waals surface area contributed by atoms with Crippen molar-refractivity contribution in [2.24, 2.45) is 0 Å². The fourth-order valence-corrected chi connectivity index (χ4v) is 6.94. The molecule has 0 atom stereocenters. The lowest BCUT2D eigenvalue weighted by atomic mass is 10.0. The number of benzene rings is 2. The highest BCUT2D eigenvalue weighted by Gasteiger charge is 2.28. The SMILES string of the molecule is CC(C)(NC(=O)c1cc(Cl)cc(Cl)c1)c1cn(CCSSCCn2cc(C(C)(C)NC(=O)c3cc(Cl)cc(Cl)c3)nn2)nn1. The molecule has 2 heterocycles. The molecule has 0 saturated heterocycles. The standard InChI is InChI=1S/C28H30Cl4N8O2S2/c1-27(2,33-25(41)17-9-19(29)13-20(30)10-17)23-15-39(37-35-23)5-7-43-44-8-6-40-16-24(36-38-40)28(3,4)34-26(42)18-11-21(31)14-22(32)12-18/h9-16H,5-8H2,1-4H3,(H,33,41)(H,34,42). The molecule has 0 unspecified atom stereocenters. The highest BCUT2D eigenvalue weighted by Crippen LogP contribution is 2.25. The topological polar surface area (TPSA) is 120 Å². The van der Waals surface area contributed by atoms with Crippen LogP contribution in [0.3, 0.4) is 0 Å². The largest absolute Gasteiger partial charge is 0.341 e. The van der Waals surface area contributed by atoms with E-state index in [1.165, 1.54) is 0 Å². The van der Waals surface area contributed by atoms with Crippen molar-refractivity contribution >= 4 is 79.8 Å². The normalized spacial score (nSPS) is 11.9. The Kier molecular flexibility index (Phi) is 11.5. The Bertz CT molecular complexity index is 1480. The minimum atomic E-state index is -0.761. The van der Waals surface area contributed by atoms with Gasteiger partial charge in [0, 0.05) is 42.7 Å². The maximum absolute atomic E-state index is 12.8. The van der Waals surface area contributed by atoms with Gasteiger partial charge in [0.15, 0.2) is 0 Å². The van der Waals surface area contributed by atoms with Crippen LogP contribution in [0.2, 0.25) is 20.1 Å². The van der Waals surface area contributed by atoms with Crippen LogP contribution in [-0.2, 0) is 24.2 Å². The first-order valence-electron chi connectivity index (χ1n) is 13.3. The van der Waals surface area contributed by atoms with Gasteiger partial charge in [0.1, 0.15) is 11.4 Å². The summed E-state index contributed by atoms with van der Waals surface area (Å²) in [6.45, 7) is 8.73. The van der Waals surface area contributed by atoms with E-state index in [4.69, 9.17) is 46.4 Å². The molecule has 0 fully saturated rings. The van der Waals surface area contributed by atoms with Crippen LogP contribution < -0.4 is 10.6 Å². The van der Waals surface area contributed by atoms with Gasteiger partial charge in [-0.15, -0.1) is 10.2 Å². The second kappa shape index (κ2) is 14.7. The maximum atomic E-state index is 12.8. The summed E-state index contributed by atoms with van der Waals surface area (Å²) in [5.74, 6) is 0.987. The first kappa shape index (κ1) is 34.4. The summed E-state index contributed by atoms with van der Waals surface area (Å²) in [5, 5.41) is 24.4. The number of carbonyl (C=O) groups is 2. The molecule has 0 radical (unpaired) electrons. The monoisotopic (exact) mass is 714 g/mol. The van der Waals surface area contributed by atoms with Crippen molar-refractivity contribution in [3.63, 3.8) is 0 Å². The number of nitrogens with one attached hydrogen (secondary N) is 2. The van der Waals surface area contributed by atoms with E-state index in [0.29, 0.717) is 55.7 Å². The van der Waals surface area contributed by atoms with Crippen LogP contribution in [0.5, 0.6) is 0 Å². The number of rotatable bonds is 13. The van der Waals surface area contributed by atoms with Crippen LogP contribution in [0.4, 0.5) is 0 Å². The minimum Gasteiger partial charge on any atom is -0.341 e. The molecule has 2 N–H and O–H groups in total. The zero-order chi connectivity index (χ0) is 32.1. The van der Waals surface area contributed by atoms with Gasteiger partial charge in [-0.3, -0.25) is 19.0 Å². The summed E-state index contributed by atoms with van der Waals surface area (Å²) in [6.07, 6.45) is 3.66. The smallest absolute Gasteiger partial charge is 0.252 e. The number of halogens is 4. The second-order valence-corrected chi connectivity index (χ2v) is 15.3. The van der Waals surface area contributed by atoms with Crippen molar-refractivity contribution in [2.75, 3.05) is 11.5 Å². The van der Waals surface area contributed by atoms with E-state index in [0.717, 1.165) is 11.5 Å². The molecule has 0 aliphatic heterocycles. The fourth-order valence-electron chi connectivity index (χ4n) is 3.98. The van der Waals surface area contributed by atoms with Crippen molar-refractivity contribution in [3.8, 4) is 0 Å². The molecule has 4 rings (SSSR count). The summed E-state index contributed by atoms with van der Waals surface area (Å²) >= 11 is 24.1. The van der Waals surface area contributed by atoms with Crippen LogP contribution >= 0.6 is 68.0 Å². The molecule has 2 amide bonds. The Morgan fingerprint density at radius 1 is 0.659 bits per heavy atom. The van der Waals surface area contributed by atoms with Gasteiger partial charge in [0.2, 0.25) is 0 Å². The molecule has 4 aromatic rings. The summed E-state index contributed by atoms with van der Waals surface area (Å²) in [7, 11) is 3.42. The molecule has 0 bridgehead atoms. The third-order valence-electron chi connectivity index (χ3n) is 6.35. The lowest BCUT2D eigenvalue weighted by Crippen LogP contribution is -2.41. The first-order valence-corrected chi connectivity index (χ1v) is 17.3. The zero-order valence-corrected chi connectivity index (χ0v) is 28.9. The molecule has 0 aliphatic carbocycles. The Labute approximate surface area is 283 Å². The van der Waals surface area contributed by atoms with Crippen LogP contribution in [0.15, 0.2) is 48.8 Å². The van der Waals surface area contributed by atoms with Gasteiger partial charge < -0.3 is 10.6 Å². The Morgan fingerprint density at radius 3 is 1.34 bits per heavy atom. The van der Waals surface area contributed by atoms with Crippen molar-refractivity contribution < 1.29 is 9.59 Å². The highest BCUT2D eigenvalue weighted by molar-refractivity contribution is 8.76. The van der Waals surface area contributed by atoms with Gasteiger partial charge in [-0.1, -0.05) is 78.4 Å². The van der Waals surface area contributed by atoms with Crippen molar-refractivity contribution in [2.45, 2.75) is 51.9 Å². The van der Waals surface area contributed by atoms with E-state index < -0.39 is 11.1 Å². The quantitative estimate of drug-likeness (QED) is 0.113. The predicted octanol–water partition coefficient (Wildman–Crippen LogP) is 6.90. The molecule has 10 nitrogen and oxygen atoms in total. The molecule has 234 valence electrons. The lowest BCUT2D eigenvalue weighted by molar-refractivity contribution is 0.0901. The Morgan fingerprint density at radius 2 is 1.00 bits per heavy atom. The maximum Gasteiger partial charge on any atom is 0.252 e. The second-order valence-electron chi connectivity index (χ2n) is 10.9. The summed E-state index contributed by atoms with van der Waals surface area (Å²) in [4.78, 5) is 25.5. The highest BCUT2D eigenvalue weighted by atomic mass is 35.5. The summed E-state index contributed by atoms with van der Waals surface area (Å²) in [6, 6.07) is 9.40. The molecule has 2 aromatic carbocycles. The van der Waals surface area contributed by atoms with E-state index in [2.05, 4.69) is 31.3 Å². The molecule has 16 heteroatoms. The van der Waals surface area contributed by atoms with Gasteiger partial charge in [-0.05, 0) is 64.1 Å². The van der Waals surface area contributed by atoms with Gasteiger partial charge >= 0.3 is 0 Å². The molecular formula is C28H30Cl4N8O2S2. The van der Waals surface area contributed by atoms with Crippen molar-refractivity contribution in [3.05, 3.63) is 91.4 Å². The zero-order valence-electron chi connectivity index (χ0n) is 24.3. The average Bonchev–Trinajstić information content (AvgIpc) is 3.60. The van der Waals surface area contributed by atoms with E-state index >= 15 is 0 Å². The predicted molar refractivity (Wildman–Crippen MR) is 179 cm³/mol. The molecule has 0 aliphatic rings. The van der Waals surface area contributed by atoms with Crippen molar-refractivity contribution in [1.29, 1.82) is 0 Å². The van der Waals surface area contributed by atoms with E-state index in [1.807, 2.05) is 40.1 Å². The Balaban J connectivity index is 1.19. The third kappa shape index (κ3) is 9.51. The number of carbonyl (C=O) groups excluding carboxylic acids is 2. The van der Waals surface area contributed by atoms with Crippen LogP contribution in [0.1, 0.15) is 59.8 Å². The summed E-state index contributed by atoms with van der Waals surface area (Å²) in [5.41, 5.74) is 0.483. The molecular weight excluding hydrogens is 686 g/mol. The first-order chi connectivity index (χ1) is 20.7. The van der Waals surface area contributed by atoms with Gasteiger partial charge in [-0.2, -0.15) is 0 Å². The number of aromatic nitrogens is 6. The fraction of sp³-hybridized carbons (Fsp3) is 0.357. The minimum absolute atomic E-state index is 0.309. The average molecular weight is 717 g/mol. The van der Waals surface area contributed by atoms with Gasteiger partial charge in [0.05, 0.1) is 36.6 Å². The van der Waals surface area contributed by atoms with E-state index in [9.17, 15) is 9.59 Å².